The van der Waals surface area contributed by atoms with Crippen LogP contribution in [0.5, 0.6) is 0 Å². The standard InChI is InChI=1S/C14H21N3O3/c1-10-6-7-16(9-13(10)20-2)8-11-4-3-5-12(14(11)15)17(18)19/h3-5,10,13H,6-9,15H2,1-2H3. The number of rotatable bonds is 4. The highest BCUT2D eigenvalue weighted by molar-refractivity contribution is 5.62. The van der Waals surface area contributed by atoms with Gasteiger partial charge in [-0.2, -0.15) is 0 Å². The van der Waals surface area contributed by atoms with Crippen molar-refractivity contribution in [2.75, 3.05) is 25.9 Å². The second kappa shape index (κ2) is 6.19. The Hall–Kier alpha value is -1.66. The zero-order chi connectivity index (χ0) is 14.7. The molecular formula is C14H21N3O3. The topological polar surface area (TPSA) is 81.6 Å². The van der Waals surface area contributed by atoms with Gasteiger partial charge in [0, 0.05) is 26.3 Å². The highest BCUT2D eigenvalue weighted by Crippen LogP contribution is 2.27. The predicted molar refractivity (Wildman–Crippen MR) is 77.4 cm³/mol. The fourth-order valence-corrected chi connectivity index (χ4v) is 2.69. The maximum absolute atomic E-state index is 10.9. The van der Waals surface area contributed by atoms with Gasteiger partial charge in [0.25, 0.3) is 5.69 Å². The molecule has 1 aliphatic rings. The van der Waals surface area contributed by atoms with Gasteiger partial charge in [-0.1, -0.05) is 19.1 Å². The third-order valence-electron chi connectivity index (χ3n) is 4.04. The van der Waals surface area contributed by atoms with Crippen molar-refractivity contribution in [3.63, 3.8) is 0 Å². The Morgan fingerprint density at radius 1 is 1.55 bits per heavy atom. The van der Waals surface area contributed by atoms with Gasteiger partial charge >= 0.3 is 0 Å². The molecular weight excluding hydrogens is 258 g/mol. The summed E-state index contributed by atoms with van der Waals surface area (Å²) in [6.45, 7) is 4.61. The third-order valence-corrected chi connectivity index (χ3v) is 4.04. The number of nitrogen functional groups attached to an aromatic ring is 1. The molecule has 1 aliphatic heterocycles. The van der Waals surface area contributed by atoms with Crippen molar-refractivity contribution in [3.8, 4) is 0 Å². The van der Waals surface area contributed by atoms with Crippen LogP contribution >= 0.6 is 0 Å². The number of piperidine rings is 1. The minimum atomic E-state index is -0.435. The molecule has 0 saturated carbocycles. The first-order chi connectivity index (χ1) is 9.52. The van der Waals surface area contributed by atoms with Gasteiger partial charge in [-0.15, -0.1) is 0 Å². The number of anilines is 1. The number of methoxy groups -OCH3 is 1. The molecule has 1 heterocycles. The summed E-state index contributed by atoms with van der Waals surface area (Å²) in [4.78, 5) is 12.7. The zero-order valence-electron chi connectivity index (χ0n) is 11.9. The van der Waals surface area contributed by atoms with E-state index in [1.54, 1.807) is 13.2 Å². The smallest absolute Gasteiger partial charge is 0.292 e. The Morgan fingerprint density at radius 2 is 2.30 bits per heavy atom. The second-order valence-corrected chi connectivity index (χ2v) is 5.38. The molecule has 0 radical (unpaired) electrons. The highest BCUT2D eigenvalue weighted by Gasteiger charge is 2.26. The number of nitrogens with two attached hydrogens (primary N) is 1. The number of nitro benzene ring substituents is 1. The van der Waals surface area contributed by atoms with Crippen LogP contribution in [0, 0.1) is 16.0 Å². The molecule has 110 valence electrons. The molecule has 1 aromatic carbocycles. The summed E-state index contributed by atoms with van der Waals surface area (Å²) in [6.07, 6.45) is 1.27. The van der Waals surface area contributed by atoms with Gasteiger partial charge < -0.3 is 10.5 Å². The summed E-state index contributed by atoms with van der Waals surface area (Å²) in [5.41, 5.74) is 6.96. The van der Waals surface area contributed by atoms with Crippen LogP contribution in [0.2, 0.25) is 0 Å². The van der Waals surface area contributed by atoms with E-state index in [0.29, 0.717) is 12.5 Å². The van der Waals surface area contributed by atoms with Crippen LogP contribution in [0.15, 0.2) is 18.2 Å². The maximum atomic E-state index is 10.9. The molecule has 2 unspecified atom stereocenters. The Kier molecular flexibility index (Phi) is 4.57. The van der Waals surface area contributed by atoms with Crippen LogP contribution in [0.1, 0.15) is 18.9 Å². The van der Waals surface area contributed by atoms with Crippen molar-refractivity contribution in [1.29, 1.82) is 0 Å². The lowest BCUT2D eigenvalue weighted by molar-refractivity contribution is -0.384. The first-order valence-electron chi connectivity index (χ1n) is 6.79. The summed E-state index contributed by atoms with van der Waals surface area (Å²) in [7, 11) is 1.73. The Labute approximate surface area is 118 Å². The van der Waals surface area contributed by atoms with Crippen LogP contribution in [0.3, 0.4) is 0 Å². The summed E-state index contributed by atoms with van der Waals surface area (Å²) < 4.78 is 5.48. The molecule has 20 heavy (non-hydrogen) atoms. The van der Waals surface area contributed by atoms with E-state index < -0.39 is 4.92 Å². The molecule has 2 rings (SSSR count). The Balaban J connectivity index is 2.11. The third kappa shape index (κ3) is 3.08. The molecule has 0 aliphatic carbocycles. The average molecular weight is 279 g/mol. The van der Waals surface area contributed by atoms with Crippen molar-refractivity contribution in [2.24, 2.45) is 5.92 Å². The first-order valence-corrected chi connectivity index (χ1v) is 6.79. The lowest BCUT2D eigenvalue weighted by Crippen LogP contribution is -2.43. The van der Waals surface area contributed by atoms with E-state index >= 15 is 0 Å². The average Bonchev–Trinajstić information content (AvgIpc) is 2.42. The maximum Gasteiger partial charge on any atom is 0.292 e. The van der Waals surface area contributed by atoms with Crippen LogP contribution < -0.4 is 5.73 Å². The number of para-hydroxylation sites is 1. The quantitative estimate of drug-likeness (QED) is 0.518. The number of hydrogen-bond donors (Lipinski definition) is 1. The zero-order valence-corrected chi connectivity index (χ0v) is 11.9. The Morgan fingerprint density at radius 3 is 2.95 bits per heavy atom. The molecule has 1 aromatic rings. The van der Waals surface area contributed by atoms with E-state index in [4.69, 9.17) is 10.5 Å². The summed E-state index contributed by atoms with van der Waals surface area (Å²) in [5, 5.41) is 10.9. The molecule has 2 atom stereocenters. The summed E-state index contributed by atoms with van der Waals surface area (Å²) in [6, 6.07) is 4.97. The second-order valence-electron chi connectivity index (χ2n) is 5.38. The van der Waals surface area contributed by atoms with Crippen molar-refractivity contribution >= 4 is 11.4 Å². The lowest BCUT2D eigenvalue weighted by atomic mass is 9.95. The van der Waals surface area contributed by atoms with E-state index in [2.05, 4.69) is 11.8 Å². The van der Waals surface area contributed by atoms with Gasteiger partial charge in [-0.05, 0) is 24.4 Å². The van der Waals surface area contributed by atoms with E-state index in [9.17, 15) is 10.1 Å². The van der Waals surface area contributed by atoms with E-state index in [1.807, 2.05) is 6.07 Å². The van der Waals surface area contributed by atoms with Gasteiger partial charge in [0.2, 0.25) is 0 Å². The monoisotopic (exact) mass is 279 g/mol. The number of ether oxygens (including phenoxy) is 1. The van der Waals surface area contributed by atoms with E-state index in [0.717, 1.165) is 25.1 Å². The van der Waals surface area contributed by atoms with Gasteiger partial charge in [-0.3, -0.25) is 15.0 Å². The molecule has 6 nitrogen and oxygen atoms in total. The van der Waals surface area contributed by atoms with Gasteiger partial charge in [0.1, 0.15) is 5.69 Å². The number of nitro groups is 1. The molecule has 0 aromatic heterocycles. The number of likely N-dealkylation sites (tertiary alicyclic amines) is 1. The summed E-state index contributed by atoms with van der Waals surface area (Å²) >= 11 is 0. The van der Waals surface area contributed by atoms with E-state index in [-0.39, 0.29) is 17.5 Å². The minimum absolute atomic E-state index is 0.0174. The molecule has 6 heteroatoms. The number of benzene rings is 1. The molecule has 0 bridgehead atoms. The highest BCUT2D eigenvalue weighted by atomic mass is 16.6. The molecule has 2 N–H and O–H groups in total. The Bertz CT molecular complexity index is 493. The summed E-state index contributed by atoms with van der Waals surface area (Å²) in [5.74, 6) is 0.540. The molecule has 1 fully saturated rings. The fourth-order valence-electron chi connectivity index (χ4n) is 2.69. The van der Waals surface area contributed by atoms with E-state index in [1.165, 1.54) is 6.07 Å². The largest absolute Gasteiger partial charge is 0.393 e. The van der Waals surface area contributed by atoms with Crippen LogP contribution in [0.4, 0.5) is 11.4 Å². The van der Waals surface area contributed by atoms with Crippen LogP contribution in [0.25, 0.3) is 0 Å². The van der Waals surface area contributed by atoms with Gasteiger partial charge in [0.15, 0.2) is 0 Å². The predicted octanol–water partition coefficient (Wildman–Crippen LogP) is 2.03. The van der Waals surface area contributed by atoms with Gasteiger partial charge in [-0.25, -0.2) is 0 Å². The minimum Gasteiger partial charge on any atom is -0.393 e. The molecule has 0 spiro atoms. The number of hydrogen-bond acceptors (Lipinski definition) is 5. The SMILES string of the molecule is COC1CN(Cc2cccc([N+](=O)[O-])c2N)CCC1C. The first kappa shape index (κ1) is 14.7. The molecule has 0 amide bonds. The van der Waals surface area contributed by atoms with Crippen molar-refractivity contribution in [3.05, 3.63) is 33.9 Å². The van der Waals surface area contributed by atoms with Gasteiger partial charge in [0.05, 0.1) is 11.0 Å². The van der Waals surface area contributed by atoms with Crippen LogP contribution in [-0.4, -0.2) is 36.1 Å². The normalized spacial score (nSPS) is 23.7. The lowest BCUT2D eigenvalue weighted by Gasteiger charge is -2.36. The number of nitrogens with zero attached hydrogens (tertiary/aromatic N) is 2. The van der Waals surface area contributed by atoms with Crippen molar-refractivity contribution in [1.82, 2.24) is 4.90 Å². The van der Waals surface area contributed by atoms with Crippen molar-refractivity contribution in [2.45, 2.75) is 26.0 Å². The van der Waals surface area contributed by atoms with Crippen molar-refractivity contribution < 1.29 is 9.66 Å². The fraction of sp³-hybridized carbons (Fsp3) is 0.571. The molecule has 1 saturated heterocycles. The van der Waals surface area contributed by atoms with Crippen LogP contribution in [-0.2, 0) is 11.3 Å².